The van der Waals surface area contributed by atoms with Crippen LogP contribution in [0.25, 0.3) is 0 Å². The highest BCUT2D eigenvalue weighted by Crippen LogP contribution is 2.35. The highest BCUT2D eigenvalue weighted by Gasteiger charge is 2.33. The number of carbonyl (C=O) groups is 1. The number of rotatable bonds is 3. The third-order valence-corrected chi connectivity index (χ3v) is 5.78. The monoisotopic (exact) mass is 371 g/mol. The molecule has 0 saturated heterocycles. The fourth-order valence-electron chi connectivity index (χ4n) is 2.45. The number of ketones is 1. The molecule has 0 aliphatic carbocycles. The van der Waals surface area contributed by atoms with Crippen LogP contribution >= 0.6 is 23.2 Å². The van der Waals surface area contributed by atoms with Crippen LogP contribution in [0.3, 0.4) is 0 Å². The summed E-state index contributed by atoms with van der Waals surface area (Å²) < 4.78 is 24.2. The molecule has 2 aromatic rings. The zero-order valence-corrected chi connectivity index (χ0v) is 14.0. The SMILES string of the molecule is O=C(CN1CS(=O)(=O)c2ccccc21)c1cc(Cl)c(O)c(Cl)c1. The van der Waals surface area contributed by atoms with Gasteiger partial charge in [-0.05, 0) is 24.3 Å². The summed E-state index contributed by atoms with van der Waals surface area (Å²) >= 11 is 11.6. The summed E-state index contributed by atoms with van der Waals surface area (Å²) in [7, 11) is -3.42. The lowest BCUT2D eigenvalue weighted by Crippen LogP contribution is -2.29. The Morgan fingerprint density at radius 2 is 1.78 bits per heavy atom. The second-order valence-corrected chi connectivity index (χ2v) is 7.86. The molecule has 0 aromatic heterocycles. The maximum absolute atomic E-state index is 12.4. The Balaban J connectivity index is 1.91. The largest absolute Gasteiger partial charge is 0.505 e. The number of halogens is 2. The third-order valence-electron chi connectivity index (χ3n) is 3.54. The van der Waals surface area contributed by atoms with Crippen LogP contribution in [0.15, 0.2) is 41.3 Å². The Kier molecular flexibility index (Phi) is 4.00. The van der Waals surface area contributed by atoms with Crippen LogP contribution in [-0.4, -0.2) is 31.7 Å². The van der Waals surface area contributed by atoms with Gasteiger partial charge in [0.05, 0.1) is 27.2 Å². The van der Waals surface area contributed by atoms with Crippen molar-refractivity contribution < 1.29 is 18.3 Å². The molecule has 0 amide bonds. The predicted octanol–water partition coefficient (Wildman–Crippen LogP) is 3.13. The Labute approximate surface area is 143 Å². The lowest BCUT2D eigenvalue weighted by atomic mass is 10.1. The van der Waals surface area contributed by atoms with Crippen molar-refractivity contribution in [2.75, 3.05) is 17.3 Å². The van der Waals surface area contributed by atoms with E-state index in [-0.39, 0.29) is 44.5 Å². The molecule has 5 nitrogen and oxygen atoms in total. The number of phenolic OH excluding ortho intramolecular Hbond substituents is 1. The van der Waals surface area contributed by atoms with Crippen molar-refractivity contribution in [1.82, 2.24) is 0 Å². The van der Waals surface area contributed by atoms with Crippen LogP contribution < -0.4 is 4.90 Å². The van der Waals surface area contributed by atoms with E-state index in [0.717, 1.165) is 0 Å². The predicted molar refractivity (Wildman–Crippen MR) is 88.3 cm³/mol. The first-order valence-corrected chi connectivity index (χ1v) is 8.98. The molecule has 23 heavy (non-hydrogen) atoms. The number of para-hydroxylation sites is 1. The number of hydrogen-bond donors (Lipinski definition) is 1. The van der Waals surface area contributed by atoms with E-state index in [0.29, 0.717) is 5.69 Å². The minimum absolute atomic E-state index is 0.0321. The van der Waals surface area contributed by atoms with Crippen molar-refractivity contribution in [3.05, 3.63) is 52.0 Å². The fraction of sp³-hybridized carbons (Fsp3) is 0.133. The van der Waals surface area contributed by atoms with Crippen molar-refractivity contribution >= 4 is 44.5 Å². The van der Waals surface area contributed by atoms with E-state index >= 15 is 0 Å². The van der Waals surface area contributed by atoms with Crippen molar-refractivity contribution in [3.63, 3.8) is 0 Å². The van der Waals surface area contributed by atoms with Crippen LogP contribution in [0, 0.1) is 0 Å². The first-order chi connectivity index (χ1) is 10.8. The van der Waals surface area contributed by atoms with Crippen molar-refractivity contribution in [3.8, 4) is 5.75 Å². The van der Waals surface area contributed by atoms with Gasteiger partial charge in [0.2, 0.25) is 0 Å². The lowest BCUT2D eigenvalue weighted by molar-refractivity contribution is 0.1000. The summed E-state index contributed by atoms with van der Waals surface area (Å²) in [4.78, 5) is 14.1. The Morgan fingerprint density at radius 3 is 2.43 bits per heavy atom. The number of aromatic hydroxyl groups is 1. The van der Waals surface area contributed by atoms with Crippen molar-refractivity contribution in [2.24, 2.45) is 0 Å². The van der Waals surface area contributed by atoms with Gasteiger partial charge in [-0.1, -0.05) is 35.3 Å². The van der Waals surface area contributed by atoms with E-state index in [1.54, 1.807) is 18.2 Å². The van der Waals surface area contributed by atoms with E-state index in [1.807, 2.05) is 0 Å². The average molecular weight is 372 g/mol. The molecule has 0 fully saturated rings. The molecule has 1 aliphatic heterocycles. The molecule has 3 rings (SSSR count). The van der Waals surface area contributed by atoms with Gasteiger partial charge in [-0.25, -0.2) is 8.42 Å². The summed E-state index contributed by atoms with van der Waals surface area (Å²) in [5.74, 6) is -0.892. The van der Waals surface area contributed by atoms with E-state index in [4.69, 9.17) is 23.2 Å². The smallest absolute Gasteiger partial charge is 0.198 e. The Bertz CT molecular complexity index is 888. The molecular weight excluding hydrogens is 361 g/mol. The normalized spacial score (nSPS) is 15.5. The maximum atomic E-state index is 12.4. The van der Waals surface area contributed by atoms with E-state index in [2.05, 4.69) is 0 Å². The van der Waals surface area contributed by atoms with Gasteiger partial charge in [0.1, 0.15) is 5.88 Å². The number of hydrogen-bond acceptors (Lipinski definition) is 5. The van der Waals surface area contributed by atoms with Crippen molar-refractivity contribution in [2.45, 2.75) is 4.90 Å². The Morgan fingerprint density at radius 1 is 1.17 bits per heavy atom. The standard InChI is InChI=1S/C15H11Cl2NO4S/c16-10-5-9(6-11(17)15(10)20)13(19)7-18-8-23(21,22)14-4-2-1-3-12(14)18/h1-6,20H,7-8H2. The minimum atomic E-state index is -3.42. The summed E-state index contributed by atoms with van der Waals surface area (Å²) in [6, 6.07) is 9.14. The first kappa shape index (κ1) is 16.1. The molecule has 1 heterocycles. The van der Waals surface area contributed by atoms with Gasteiger partial charge < -0.3 is 10.0 Å². The molecule has 1 N–H and O–H groups in total. The molecule has 2 aromatic carbocycles. The van der Waals surface area contributed by atoms with Crippen LogP contribution in [-0.2, 0) is 9.84 Å². The number of fused-ring (bicyclic) bond motifs is 1. The maximum Gasteiger partial charge on any atom is 0.198 e. The molecule has 0 saturated carbocycles. The van der Waals surface area contributed by atoms with Crippen LogP contribution in [0.2, 0.25) is 10.0 Å². The zero-order valence-electron chi connectivity index (χ0n) is 11.7. The van der Waals surface area contributed by atoms with Gasteiger partial charge in [0.25, 0.3) is 0 Å². The fourth-order valence-corrected chi connectivity index (χ4v) is 4.52. The number of Topliss-reactive ketones (excluding diaryl/α,β-unsaturated/α-hetero) is 1. The van der Waals surface area contributed by atoms with Gasteiger partial charge in [0, 0.05) is 5.56 Å². The summed E-state index contributed by atoms with van der Waals surface area (Å²) in [5.41, 5.74) is 0.705. The van der Waals surface area contributed by atoms with E-state index in [1.165, 1.54) is 23.1 Å². The van der Waals surface area contributed by atoms with Crippen molar-refractivity contribution in [1.29, 1.82) is 0 Å². The number of anilines is 1. The number of nitrogens with zero attached hydrogens (tertiary/aromatic N) is 1. The van der Waals surface area contributed by atoms with Crippen LogP contribution in [0.4, 0.5) is 5.69 Å². The van der Waals surface area contributed by atoms with Crippen LogP contribution in [0.5, 0.6) is 5.75 Å². The lowest BCUT2D eigenvalue weighted by Gasteiger charge is -2.17. The van der Waals surface area contributed by atoms with Crippen LogP contribution in [0.1, 0.15) is 10.4 Å². The number of sulfone groups is 1. The summed E-state index contributed by atoms with van der Waals surface area (Å²) in [6.45, 7) is -0.131. The summed E-state index contributed by atoms with van der Waals surface area (Å²) in [5, 5.41) is 9.47. The highest BCUT2D eigenvalue weighted by atomic mass is 35.5. The zero-order chi connectivity index (χ0) is 16.8. The number of benzene rings is 2. The molecule has 0 radical (unpaired) electrons. The second kappa shape index (κ2) is 5.70. The van der Waals surface area contributed by atoms with Gasteiger partial charge >= 0.3 is 0 Å². The minimum Gasteiger partial charge on any atom is -0.505 e. The Hall–Kier alpha value is -1.76. The second-order valence-electron chi connectivity index (χ2n) is 5.12. The molecule has 0 bridgehead atoms. The molecule has 120 valence electrons. The first-order valence-electron chi connectivity index (χ1n) is 6.57. The van der Waals surface area contributed by atoms with Gasteiger partial charge in [-0.3, -0.25) is 4.79 Å². The van der Waals surface area contributed by atoms with E-state index in [9.17, 15) is 18.3 Å². The average Bonchev–Trinajstić information content (AvgIpc) is 2.76. The van der Waals surface area contributed by atoms with E-state index < -0.39 is 9.84 Å². The quantitative estimate of drug-likeness (QED) is 0.838. The highest BCUT2D eigenvalue weighted by molar-refractivity contribution is 7.92. The molecule has 8 heteroatoms. The van der Waals surface area contributed by atoms with Gasteiger partial charge in [-0.2, -0.15) is 0 Å². The number of phenols is 1. The topological polar surface area (TPSA) is 74.7 Å². The molecule has 0 spiro atoms. The molecular formula is C15H11Cl2NO4S. The number of carbonyl (C=O) groups excluding carboxylic acids is 1. The molecule has 0 atom stereocenters. The van der Waals surface area contributed by atoms with Gasteiger partial charge in [-0.15, -0.1) is 0 Å². The van der Waals surface area contributed by atoms with Gasteiger partial charge in [0.15, 0.2) is 21.4 Å². The molecule has 0 unspecified atom stereocenters. The summed E-state index contributed by atoms with van der Waals surface area (Å²) in [6.07, 6.45) is 0. The molecule has 1 aliphatic rings. The third kappa shape index (κ3) is 2.89.